The first-order valence-corrected chi connectivity index (χ1v) is 7.36. The highest BCUT2D eigenvalue weighted by molar-refractivity contribution is 9.10. The standard InChI is InChI=1S/C13H17BrClN3O3/c1-21-7-6-18(5-4-12(16)17-20)13(19)9-2-3-11(15)10(14)8-9/h2-3,8,20H,4-7H2,1H3,(H2,16,17). The second-order valence-corrected chi connectivity index (χ2v) is 5.52. The van der Waals surface area contributed by atoms with E-state index in [1.807, 2.05) is 0 Å². The Morgan fingerprint density at radius 2 is 2.24 bits per heavy atom. The van der Waals surface area contributed by atoms with Crippen molar-refractivity contribution in [2.45, 2.75) is 6.42 Å². The van der Waals surface area contributed by atoms with Gasteiger partial charge in [-0.1, -0.05) is 16.8 Å². The van der Waals surface area contributed by atoms with Crippen molar-refractivity contribution in [3.63, 3.8) is 0 Å². The van der Waals surface area contributed by atoms with E-state index in [0.717, 1.165) is 0 Å². The number of nitrogens with two attached hydrogens (primary N) is 1. The normalized spacial score (nSPS) is 11.5. The van der Waals surface area contributed by atoms with Gasteiger partial charge in [0.25, 0.3) is 5.91 Å². The van der Waals surface area contributed by atoms with Gasteiger partial charge in [-0.15, -0.1) is 0 Å². The summed E-state index contributed by atoms with van der Waals surface area (Å²) in [6, 6.07) is 4.96. The number of hydrogen-bond donors (Lipinski definition) is 2. The summed E-state index contributed by atoms with van der Waals surface area (Å²) in [5.41, 5.74) is 5.94. The van der Waals surface area contributed by atoms with Crippen molar-refractivity contribution in [2.75, 3.05) is 26.8 Å². The molecule has 0 aliphatic heterocycles. The molecule has 0 aromatic heterocycles. The first kappa shape index (κ1) is 17.7. The fourth-order valence-electron chi connectivity index (χ4n) is 1.63. The van der Waals surface area contributed by atoms with Crippen LogP contribution in [0.15, 0.2) is 27.8 Å². The molecule has 0 saturated heterocycles. The Morgan fingerprint density at radius 1 is 1.52 bits per heavy atom. The third-order valence-electron chi connectivity index (χ3n) is 2.79. The van der Waals surface area contributed by atoms with Crippen molar-refractivity contribution >= 4 is 39.3 Å². The van der Waals surface area contributed by atoms with Crippen LogP contribution in [0.4, 0.5) is 0 Å². The average molecular weight is 379 g/mol. The van der Waals surface area contributed by atoms with Gasteiger partial charge in [0, 0.05) is 36.7 Å². The monoisotopic (exact) mass is 377 g/mol. The van der Waals surface area contributed by atoms with E-state index in [1.165, 1.54) is 0 Å². The first-order valence-electron chi connectivity index (χ1n) is 6.19. The molecule has 0 aliphatic rings. The summed E-state index contributed by atoms with van der Waals surface area (Å²) in [6.45, 7) is 1.14. The van der Waals surface area contributed by atoms with Gasteiger partial charge < -0.3 is 20.6 Å². The van der Waals surface area contributed by atoms with Crippen molar-refractivity contribution in [1.82, 2.24) is 4.90 Å². The molecule has 1 rings (SSSR count). The number of oxime groups is 1. The van der Waals surface area contributed by atoms with Crippen molar-refractivity contribution in [3.05, 3.63) is 33.3 Å². The smallest absolute Gasteiger partial charge is 0.253 e. The Kier molecular flexibility index (Phi) is 7.49. The van der Waals surface area contributed by atoms with Crippen LogP contribution in [0.25, 0.3) is 0 Å². The maximum atomic E-state index is 12.5. The summed E-state index contributed by atoms with van der Waals surface area (Å²) in [6.07, 6.45) is 0.278. The number of hydrogen-bond acceptors (Lipinski definition) is 4. The fourth-order valence-corrected chi connectivity index (χ4v) is 2.12. The van der Waals surface area contributed by atoms with Gasteiger partial charge in [-0.25, -0.2) is 0 Å². The highest BCUT2D eigenvalue weighted by Crippen LogP contribution is 2.23. The van der Waals surface area contributed by atoms with Gasteiger partial charge in [-0.3, -0.25) is 4.79 Å². The minimum absolute atomic E-state index is 0.0718. The number of halogens is 2. The van der Waals surface area contributed by atoms with E-state index < -0.39 is 0 Å². The summed E-state index contributed by atoms with van der Waals surface area (Å²) in [5.74, 6) is -0.0994. The van der Waals surface area contributed by atoms with E-state index in [-0.39, 0.29) is 18.2 Å². The van der Waals surface area contributed by atoms with Crippen molar-refractivity contribution < 1.29 is 14.7 Å². The molecule has 0 radical (unpaired) electrons. The first-order chi connectivity index (χ1) is 9.99. The number of carbonyl (C=O) groups excluding carboxylic acids is 1. The summed E-state index contributed by atoms with van der Waals surface area (Å²) in [7, 11) is 1.56. The Morgan fingerprint density at radius 3 is 2.81 bits per heavy atom. The lowest BCUT2D eigenvalue weighted by molar-refractivity contribution is 0.0700. The van der Waals surface area contributed by atoms with Crippen LogP contribution in [0.2, 0.25) is 5.02 Å². The van der Waals surface area contributed by atoms with E-state index >= 15 is 0 Å². The van der Waals surface area contributed by atoms with Crippen LogP contribution < -0.4 is 5.73 Å². The van der Waals surface area contributed by atoms with E-state index in [1.54, 1.807) is 30.2 Å². The molecule has 0 atom stereocenters. The molecule has 0 heterocycles. The lowest BCUT2D eigenvalue weighted by atomic mass is 10.2. The lowest BCUT2D eigenvalue weighted by Gasteiger charge is -2.22. The SMILES string of the molecule is COCCN(CC/C(N)=N/O)C(=O)c1ccc(Cl)c(Br)c1. The third kappa shape index (κ3) is 5.53. The molecule has 3 N–H and O–H groups in total. The zero-order valence-corrected chi connectivity index (χ0v) is 13.9. The quantitative estimate of drug-likeness (QED) is 0.330. The second kappa shape index (κ2) is 8.86. The Balaban J connectivity index is 2.84. The Hall–Kier alpha value is -1.31. The summed E-state index contributed by atoms with van der Waals surface area (Å²) in [4.78, 5) is 14.1. The molecule has 0 fully saturated rings. The van der Waals surface area contributed by atoms with Crippen LogP contribution in [-0.4, -0.2) is 48.7 Å². The molecule has 0 bridgehead atoms. The molecule has 116 valence electrons. The molecule has 21 heavy (non-hydrogen) atoms. The number of nitrogens with zero attached hydrogens (tertiary/aromatic N) is 2. The zero-order valence-electron chi connectivity index (χ0n) is 11.6. The molecule has 8 heteroatoms. The molecule has 0 aliphatic carbocycles. The number of rotatable bonds is 7. The molecular formula is C13H17BrClN3O3. The van der Waals surface area contributed by atoms with Gasteiger partial charge >= 0.3 is 0 Å². The van der Waals surface area contributed by atoms with Crippen LogP contribution in [0, 0.1) is 0 Å². The average Bonchev–Trinajstić information content (AvgIpc) is 2.49. The molecule has 1 amide bonds. The highest BCUT2D eigenvalue weighted by atomic mass is 79.9. The number of carbonyl (C=O) groups is 1. The van der Waals surface area contributed by atoms with Gasteiger partial charge in [0.15, 0.2) is 0 Å². The molecule has 0 spiro atoms. The number of amides is 1. The third-order valence-corrected chi connectivity index (χ3v) is 4.00. The second-order valence-electron chi connectivity index (χ2n) is 4.26. The largest absolute Gasteiger partial charge is 0.409 e. The Labute approximate surface area is 136 Å². The van der Waals surface area contributed by atoms with E-state index in [9.17, 15) is 4.79 Å². The topological polar surface area (TPSA) is 88.2 Å². The predicted molar refractivity (Wildman–Crippen MR) is 85.0 cm³/mol. The van der Waals surface area contributed by atoms with Gasteiger partial charge in [-0.05, 0) is 34.1 Å². The lowest BCUT2D eigenvalue weighted by Crippen LogP contribution is -2.36. The summed E-state index contributed by atoms with van der Waals surface area (Å²) >= 11 is 9.21. The summed E-state index contributed by atoms with van der Waals surface area (Å²) in [5, 5.41) is 12.0. The zero-order chi connectivity index (χ0) is 15.8. The van der Waals surface area contributed by atoms with Crippen LogP contribution in [0.1, 0.15) is 16.8 Å². The van der Waals surface area contributed by atoms with Crippen LogP contribution in [-0.2, 0) is 4.74 Å². The predicted octanol–water partition coefficient (Wildman–Crippen LogP) is 2.33. The number of benzene rings is 1. The summed E-state index contributed by atoms with van der Waals surface area (Å²) < 4.78 is 5.65. The maximum Gasteiger partial charge on any atom is 0.253 e. The Bertz CT molecular complexity index is 525. The van der Waals surface area contributed by atoms with Crippen LogP contribution >= 0.6 is 27.5 Å². The van der Waals surface area contributed by atoms with E-state index in [4.69, 9.17) is 27.3 Å². The van der Waals surface area contributed by atoms with Crippen LogP contribution in [0.5, 0.6) is 0 Å². The molecule has 6 nitrogen and oxygen atoms in total. The minimum Gasteiger partial charge on any atom is -0.409 e. The van der Waals surface area contributed by atoms with Gasteiger partial charge in [-0.2, -0.15) is 0 Å². The fraction of sp³-hybridized carbons (Fsp3) is 0.385. The highest BCUT2D eigenvalue weighted by Gasteiger charge is 2.17. The maximum absolute atomic E-state index is 12.5. The minimum atomic E-state index is -0.171. The van der Waals surface area contributed by atoms with Crippen molar-refractivity contribution in [1.29, 1.82) is 0 Å². The van der Waals surface area contributed by atoms with Crippen LogP contribution in [0.3, 0.4) is 0 Å². The number of amidine groups is 1. The molecule has 0 saturated carbocycles. The molecule has 0 unspecified atom stereocenters. The molecule has 1 aromatic carbocycles. The van der Waals surface area contributed by atoms with E-state index in [0.29, 0.717) is 34.8 Å². The van der Waals surface area contributed by atoms with Gasteiger partial charge in [0.05, 0.1) is 11.6 Å². The molecule has 1 aromatic rings. The van der Waals surface area contributed by atoms with Crippen molar-refractivity contribution in [3.8, 4) is 0 Å². The number of methoxy groups -OCH3 is 1. The van der Waals surface area contributed by atoms with Gasteiger partial charge in [0.1, 0.15) is 5.84 Å². The van der Waals surface area contributed by atoms with Gasteiger partial charge in [0.2, 0.25) is 0 Å². The number of ether oxygens (including phenoxy) is 1. The molecular weight excluding hydrogens is 362 g/mol. The van der Waals surface area contributed by atoms with Crippen molar-refractivity contribution in [2.24, 2.45) is 10.9 Å². The van der Waals surface area contributed by atoms with E-state index in [2.05, 4.69) is 21.1 Å².